The number of rotatable bonds is 4. The first-order chi connectivity index (χ1) is 13.6. The Morgan fingerprint density at radius 1 is 1.07 bits per heavy atom. The minimum atomic E-state index is -0.945. The lowest BCUT2D eigenvalue weighted by Crippen LogP contribution is -2.14. The molecule has 0 saturated carbocycles. The molecular weight excluding hydrogens is 390 g/mol. The number of hydrogen-bond acceptors (Lipinski definition) is 3. The maximum atomic E-state index is 11.3. The van der Waals surface area contributed by atoms with Gasteiger partial charge in [0.05, 0.1) is 12.2 Å². The normalized spacial score (nSPS) is 10.8. The van der Waals surface area contributed by atoms with Crippen molar-refractivity contribution in [1.82, 2.24) is 9.78 Å². The van der Waals surface area contributed by atoms with Crippen LogP contribution in [0.5, 0.6) is 0 Å². The van der Waals surface area contributed by atoms with Crippen LogP contribution in [-0.2, 0) is 12.0 Å². The summed E-state index contributed by atoms with van der Waals surface area (Å²) in [6.45, 7) is 6.54. The summed E-state index contributed by atoms with van der Waals surface area (Å²) >= 11 is 5.56. The highest BCUT2D eigenvalue weighted by atomic mass is 35.5. The number of carbonyl (C=O) groups excluding carboxylic acids is 1. The monoisotopic (exact) mass is 413 g/mol. The molecular formula is C22H24ClN3O3. The van der Waals surface area contributed by atoms with Crippen LogP contribution in [0.4, 0.5) is 0 Å². The summed E-state index contributed by atoms with van der Waals surface area (Å²) in [7, 11) is 0. The van der Waals surface area contributed by atoms with Gasteiger partial charge in [0.25, 0.3) is 0 Å². The molecule has 6 nitrogen and oxygen atoms in total. The van der Waals surface area contributed by atoms with Crippen molar-refractivity contribution in [2.45, 2.75) is 32.7 Å². The minimum Gasteiger partial charge on any atom is -0.477 e. The van der Waals surface area contributed by atoms with Gasteiger partial charge in [0, 0.05) is 16.0 Å². The highest BCUT2D eigenvalue weighted by Crippen LogP contribution is 2.22. The maximum absolute atomic E-state index is 11.3. The van der Waals surface area contributed by atoms with Crippen LogP contribution in [0, 0.1) is 0 Å². The maximum Gasteiger partial charge on any atom is 0.354 e. The Morgan fingerprint density at radius 2 is 1.66 bits per heavy atom. The predicted molar refractivity (Wildman–Crippen MR) is 113 cm³/mol. The van der Waals surface area contributed by atoms with Crippen LogP contribution in [0.1, 0.15) is 52.9 Å². The zero-order valence-corrected chi connectivity index (χ0v) is 17.3. The number of amides is 1. The molecule has 0 saturated heterocycles. The van der Waals surface area contributed by atoms with Gasteiger partial charge < -0.3 is 10.8 Å². The zero-order chi connectivity index (χ0) is 21.6. The first-order valence-electron chi connectivity index (χ1n) is 8.99. The van der Waals surface area contributed by atoms with Crippen molar-refractivity contribution in [1.29, 1.82) is 0 Å². The molecule has 7 heteroatoms. The number of halogens is 1. The van der Waals surface area contributed by atoms with Crippen molar-refractivity contribution in [2.24, 2.45) is 5.73 Å². The molecule has 0 radical (unpaired) electrons. The van der Waals surface area contributed by atoms with E-state index in [1.54, 1.807) is 35.0 Å². The lowest BCUT2D eigenvalue weighted by Gasteiger charge is -2.14. The number of hydrogen-bond donors (Lipinski definition) is 2. The number of carboxylic acid groups (broad SMARTS) is 1. The summed E-state index contributed by atoms with van der Waals surface area (Å²) < 4.78 is 1.55. The quantitative estimate of drug-likeness (QED) is 0.663. The molecule has 0 bridgehead atoms. The molecule has 29 heavy (non-hydrogen) atoms. The standard InChI is InChI=1S/C15H18N2O2.C7H6ClNO/c1-15(2,3)13-9-12(14(18)19)17(16-13)10-11-7-5-4-6-8-11;8-6-3-1-5(2-4-6)7(9)10/h4-9H,10H2,1-3H3,(H,18,19);1-4H,(H2,9,10). The number of nitrogens with two attached hydrogens (primary N) is 1. The van der Waals surface area contributed by atoms with Gasteiger partial charge in [0.1, 0.15) is 5.69 Å². The second kappa shape index (κ2) is 9.39. The van der Waals surface area contributed by atoms with Gasteiger partial charge in [-0.05, 0) is 35.9 Å². The van der Waals surface area contributed by atoms with Gasteiger partial charge in [0.2, 0.25) is 5.91 Å². The van der Waals surface area contributed by atoms with E-state index in [0.717, 1.165) is 11.3 Å². The molecule has 0 unspecified atom stereocenters. The van der Waals surface area contributed by atoms with Crippen LogP contribution in [0.25, 0.3) is 0 Å². The number of benzene rings is 2. The van der Waals surface area contributed by atoms with Crippen LogP contribution < -0.4 is 5.73 Å². The molecule has 152 valence electrons. The smallest absolute Gasteiger partial charge is 0.354 e. The van der Waals surface area contributed by atoms with Crippen LogP contribution >= 0.6 is 11.6 Å². The van der Waals surface area contributed by atoms with Gasteiger partial charge in [-0.3, -0.25) is 9.48 Å². The first-order valence-corrected chi connectivity index (χ1v) is 9.36. The van der Waals surface area contributed by atoms with E-state index < -0.39 is 11.9 Å². The molecule has 1 amide bonds. The van der Waals surface area contributed by atoms with Gasteiger partial charge in [-0.25, -0.2) is 4.79 Å². The summed E-state index contributed by atoms with van der Waals surface area (Å²) in [5.74, 6) is -1.38. The van der Waals surface area contributed by atoms with Gasteiger partial charge in [-0.2, -0.15) is 5.10 Å². The van der Waals surface area contributed by atoms with Crippen molar-refractivity contribution in [3.63, 3.8) is 0 Å². The van der Waals surface area contributed by atoms with Crippen molar-refractivity contribution in [3.05, 3.63) is 88.2 Å². The molecule has 0 aliphatic heterocycles. The third kappa shape index (κ3) is 6.47. The van der Waals surface area contributed by atoms with E-state index >= 15 is 0 Å². The summed E-state index contributed by atoms with van der Waals surface area (Å²) in [6.07, 6.45) is 0. The first kappa shape index (κ1) is 22.2. The molecule has 2 aromatic carbocycles. The third-order valence-electron chi connectivity index (χ3n) is 4.07. The molecule has 0 fully saturated rings. The molecule has 3 N–H and O–H groups in total. The zero-order valence-electron chi connectivity index (χ0n) is 16.6. The number of carbonyl (C=O) groups is 2. The Bertz CT molecular complexity index is 975. The number of primary amides is 1. The second-order valence-corrected chi connectivity index (χ2v) is 7.92. The molecule has 1 aromatic heterocycles. The van der Waals surface area contributed by atoms with E-state index in [2.05, 4.69) is 5.10 Å². The molecule has 3 aromatic rings. The van der Waals surface area contributed by atoms with E-state index in [9.17, 15) is 14.7 Å². The Labute approximate surface area is 174 Å². The Hall–Kier alpha value is -3.12. The average molecular weight is 414 g/mol. The fraction of sp³-hybridized carbons (Fsp3) is 0.227. The summed E-state index contributed by atoms with van der Waals surface area (Å²) in [4.78, 5) is 21.8. The van der Waals surface area contributed by atoms with Gasteiger partial charge in [-0.1, -0.05) is 62.7 Å². The van der Waals surface area contributed by atoms with Crippen molar-refractivity contribution < 1.29 is 14.7 Å². The minimum absolute atomic E-state index is 0.161. The molecule has 0 atom stereocenters. The highest BCUT2D eigenvalue weighted by molar-refractivity contribution is 6.30. The average Bonchev–Trinajstić information content (AvgIpc) is 3.08. The van der Waals surface area contributed by atoms with E-state index in [0.29, 0.717) is 17.1 Å². The highest BCUT2D eigenvalue weighted by Gasteiger charge is 2.22. The third-order valence-corrected chi connectivity index (χ3v) is 4.32. The fourth-order valence-electron chi connectivity index (χ4n) is 2.45. The van der Waals surface area contributed by atoms with Crippen LogP contribution in [0.2, 0.25) is 5.02 Å². The predicted octanol–water partition coefficient (Wildman–Crippen LogP) is 4.37. The largest absolute Gasteiger partial charge is 0.477 e. The molecule has 0 aliphatic rings. The van der Waals surface area contributed by atoms with Crippen LogP contribution in [-0.4, -0.2) is 26.8 Å². The van der Waals surface area contributed by atoms with Crippen molar-refractivity contribution in [2.75, 3.05) is 0 Å². The molecule has 0 aliphatic carbocycles. The van der Waals surface area contributed by atoms with Gasteiger partial charge in [-0.15, -0.1) is 0 Å². The molecule has 0 spiro atoms. The van der Waals surface area contributed by atoms with E-state index in [-0.39, 0.29) is 11.1 Å². The Morgan fingerprint density at radius 3 is 2.14 bits per heavy atom. The van der Waals surface area contributed by atoms with Gasteiger partial charge >= 0.3 is 5.97 Å². The van der Waals surface area contributed by atoms with Crippen LogP contribution in [0.15, 0.2) is 60.7 Å². The number of nitrogens with zero attached hydrogens (tertiary/aromatic N) is 2. The van der Waals surface area contributed by atoms with E-state index in [4.69, 9.17) is 17.3 Å². The fourth-order valence-corrected chi connectivity index (χ4v) is 2.57. The Kier molecular flexibility index (Phi) is 7.18. The van der Waals surface area contributed by atoms with Crippen molar-refractivity contribution in [3.8, 4) is 0 Å². The van der Waals surface area contributed by atoms with E-state index in [1.807, 2.05) is 51.1 Å². The Balaban J connectivity index is 0.000000253. The summed E-state index contributed by atoms with van der Waals surface area (Å²) in [5, 5.41) is 14.3. The number of carboxylic acids is 1. The SMILES string of the molecule is CC(C)(C)c1cc(C(=O)O)n(Cc2ccccc2)n1.NC(=O)c1ccc(Cl)cc1. The summed E-state index contributed by atoms with van der Waals surface area (Å²) in [6, 6.07) is 17.8. The van der Waals surface area contributed by atoms with Crippen molar-refractivity contribution >= 4 is 23.5 Å². The lowest BCUT2D eigenvalue weighted by atomic mass is 9.92. The van der Waals surface area contributed by atoms with Gasteiger partial charge in [0.15, 0.2) is 0 Å². The number of aromatic carboxylic acids is 1. The topological polar surface area (TPSA) is 98.2 Å². The number of aromatic nitrogens is 2. The molecule has 3 rings (SSSR count). The summed E-state index contributed by atoms with van der Waals surface area (Å²) in [5.41, 5.74) is 7.36. The van der Waals surface area contributed by atoms with E-state index in [1.165, 1.54) is 0 Å². The molecule has 1 heterocycles. The lowest BCUT2D eigenvalue weighted by molar-refractivity contribution is 0.0683. The second-order valence-electron chi connectivity index (χ2n) is 7.48. The van der Waals surface area contributed by atoms with Crippen LogP contribution in [0.3, 0.4) is 0 Å².